The lowest BCUT2D eigenvalue weighted by Crippen LogP contribution is -2.24. The van der Waals surface area contributed by atoms with Gasteiger partial charge in [-0.2, -0.15) is 0 Å². The molecule has 4 nitrogen and oxygen atoms in total. The first-order valence-corrected chi connectivity index (χ1v) is 5.96. The van der Waals surface area contributed by atoms with Gasteiger partial charge in [0.2, 0.25) is 0 Å². The lowest BCUT2D eigenvalue weighted by Gasteiger charge is -2.07. The van der Waals surface area contributed by atoms with Gasteiger partial charge in [0.05, 0.1) is 6.61 Å². The fourth-order valence-corrected chi connectivity index (χ4v) is 1.50. The predicted octanol–water partition coefficient (Wildman–Crippen LogP) is 1.89. The zero-order valence-corrected chi connectivity index (χ0v) is 10.4. The maximum atomic E-state index is 11.5. The molecule has 1 aromatic heterocycles. The van der Waals surface area contributed by atoms with Gasteiger partial charge in [0.25, 0.3) is 5.56 Å². The molecule has 0 saturated carbocycles. The van der Waals surface area contributed by atoms with Crippen LogP contribution in [0.25, 0.3) is 0 Å². The Morgan fingerprint density at radius 3 is 2.82 bits per heavy atom. The Kier molecular flexibility index (Phi) is 5.46. The fourth-order valence-electron chi connectivity index (χ4n) is 1.50. The Bertz CT molecular complexity index is 423. The molecule has 0 saturated heterocycles. The molecule has 1 aromatic rings. The lowest BCUT2D eigenvalue weighted by atomic mass is 10.3. The Labute approximate surface area is 101 Å². The van der Waals surface area contributed by atoms with Gasteiger partial charge >= 0.3 is 5.97 Å². The first kappa shape index (κ1) is 13.5. The number of hydrogen-bond donors (Lipinski definition) is 0. The van der Waals surface area contributed by atoms with Crippen molar-refractivity contribution in [2.24, 2.45) is 0 Å². The largest absolute Gasteiger partial charge is 0.464 e. The van der Waals surface area contributed by atoms with Crippen molar-refractivity contribution in [3.8, 4) is 0 Å². The van der Waals surface area contributed by atoms with E-state index in [1.807, 2.05) is 6.92 Å². The molecule has 1 rings (SSSR count). The van der Waals surface area contributed by atoms with Crippen LogP contribution >= 0.6 is 0 Å². The summed E-state index contributed by atoms with van der Waals surface area (Å²) in [6.07, 6.45) is 4.69. The van der Waals surface area contributed by atoms with Gasteiger partial charge < -0.3 is 9.30 Å². The molecule has 94 valence electrons. The number of carbonyl (C=O) groups is 1. The molecule has 4 heteroatoms. The minimum Gasteiger partial charge on any atom is -0.464 e. The molecule has 0 amide bonds. The zero-order chi connectivity index (χ0) is 12.7. The standard InChI is InChI=1S/C13H19NO3/c1-3-4-5-8-17-13(16)10-14-9-11(2)6-7-12(14)15/h6-7,9H,3-5,8,10H2,1-2H3. The lowest BCUT2D eigenvalue weighted by molar-refractivity contribution is -0.144. The van der Waals surface area contributed by atoms with Crippen molar-refractivity contribution in [3.05, 3.63) is 34.2 Å². The molecule has 0 bridgehead atoms. The summed E-state index contributed by atoms with van der Waals surface area (Å²) in [5.41, 5.74) is 0.768. The number of nitrogens with zero attached hydrogens (tertiary/aromatic N) is 1. The number of pyridine rings is 1. The van der Waals surface area contributed by atoms with Crippen molar-refractivity contribution in [2.45, 2.75) is 39.7 Å². The van der Waals surface area contributed by atoms with E-state index in [2.05, 4.69) is 6.92 Å². The number of unbranched alkanes of at least 4 members (excludes halogenated alkanes) is 2. The third-order valence-electron chi connectivity index (χ3n) is 2.44. The number of aryl methyl sites for hydroxylation is 1. The molecule has 0 aliphatic carbocycles. The maximum Gasteiger partial charge on any atom is 0.326 e. The van der Waals surface area contributed by atoms with Gasteiger partial charge in [0.15, 0.2) is 0 Å². The molecule has 0 aromatic carbocycles. The Morgan fingerprint density at radius 2 is 2.12 bits per heavy atom. The average molecular weight is 237 g/mol. The molecule has 0 atom stereocenters. The summed E-state index contributed by atoms with van der Waals surface area (Å²) < 4.78 is 6.42. The van der Waals surface area contributed by atoms with E-state index in [4.69, 9.17) is 4.74 Å². The van der Waals surface area contributed by atoms with Crippen LogP contribution in [-0.2, 0) is 16.1 Å². The zero-order valence-electron chi connectivity index (χ0n) is 10.4. The summed E-state index contributed by atoms with van der Waals surface area (Å²) >= 11 is 0. The molecule has 0 aliphatic rings. The second-order valence-electron chi connectivity index (χ2n) is 4.10. The summed E-state index contributed by atoms with van der Waals surface area (Å²) in [5.74, 6) is -0.353. The minimum absolute atomic E-state index is 0.00730. The van der Waals surface area contributed by atoms with Crippen LogP contribution in [0, 0.1) is 6.92 Å². The highest BCUT2D eigenvalue weighted by atomic mass is 16.5. The highest BCUT2D eigenvalue weighted by Crippen LogP contribution is 1.96. The van der Waals surface area contributed by atoms with Gasteiger partial charge in [-0.1, -0.05) is 25.8 Å². The molecular formula is C13H19NO3. The van der Waals surface area contributed by atoms with Crippen molar-refractivity contribution in [2.75, 3.05) is 6.61 Å². The van der Waals surface area contributed by atoms with E-state index in [9.17, 15) is 9.59 Å². The summed E-state index contributed by atoms with van der Waals surface area (Å²) in [6, 6.07) is 3.19. The highest BCUT2D eigenvalue weighted by Gasteiger charge is 2.05. The topological polar surface area (TPSA) is 48.3 Å². The van der Waals surface area contributed by atoms with Crippen molar-refractivity contribution in [1.82, 2.24) is 4.57 Å². The maximum absolute atomic E-state index is 11.5. The van der Waals surface area contributed by atoms with E-state index in [1.165, 1.54) is 10.6 Å². The molecule has 17 heavy (non-hydrogen) atoms. The second kappa shape index (κ2) is 6.89. The minimum atomic E-state index is -0.353. The van der Waals surface area contributed by atoms with E-state index >= 15 is 0 Å². The van der Waals surface area contributed by atoms with Crippen molar-refractivity contribution in [1.29, 1.82) is 0 Å². The van der Waals surface area contributed by atoms with Crippen LogP contribution in [-0.4, -0.2) is 17.1 Å². The third-order valence-corrected chi connectivity index (χ3v) is 2.44. The molecule has 0 aliphatic heterocycles. The Morgan fingerprint density at radius 1 is 1.35 bits per heavy atom. The number of esters is 1. The molecule has 1 heterocycles. The van der Waals surface area contributed by atoms with Crippen molar-refractivity contribution in [3.63, 3.8) is 0 Å². The number of aromatic nitrogens is 1. The van der Waals surface area contributed by atoms with Gasteiger partial charge in [-0.05, 0) is 18.9 Å². The molecule has 0 radical (unpaired) electrons. The van der Waals surface area contributed by atoms with Gasteiger partial charge in [-0.15, -0.1) is 0 Å². The van der Waals surface area contributed by atoms with Crippen molar-refractivity contribution >= 4 is 5.97 Å². The first-order valence-electron chi connectivity index (χ1n) is 5.96. The van der Waals surface area contributed by atoms with Crippen molar-refractivity contribution < 1.29 is 9.53 Å². The van der Waals surface area contributed by atoms with Gasteiger partial charge in [0.1, 0.15) is 6.54 Å². The van der Waals surface area contributed by atoms with E-state index in [0.717, 1.165) is 24.8 Å². The predicted molar refractivity (Wildman–Crippen MR) is 65.9 cm³/mol. The number of ether oxygens (including phenoxy) is 1. The van der Waals surface area contributed by atoms with E-state index in [0.29, 0.717) is 6.61 Å². The fraction of sp³-hybridized carbons (Fsp3) is 0.538. The number of carbonyl (C=O) groups excluding carboxylic acids is 1. The summed E-state index contributed by atoms with van der Waals surface area (Å²) in [6.45, 7) is 4.40. The SMILES string of the molecule is CCCCCOC(=O)Cn1cc(C)ccc1=O. The number of hydrogen-bond acceptors (Lipinski definition) is 3. The monoisotopic (exact) mass is 237 g/mol. The first-order chi connectivity index (χ1) is 8.13. The van der Waals surface area contributed by atoms with Crippen LogP contribution < -0.4 is 5.56 Å². The molecule has 0 N–H and O–H groups in total. The molecule has 0 spiro atoms. The van der Waals surface area contributed by atoms with Crippen LogP contribution in [0.2, 0.25) is 0 Å². The molecule has 0 unspecified atom stereocenters. The normalized spacial score (nSPS) is 10.2. The summed E-state index contributed by atoms with van der Waals surface area (Å²) in [4.78, 5) is 22.9. The quantitative estimate of drug-likeness (QED) is 0.560. The Hall–Kier alpha value is -1.58. The summed E-state index contributed by atoms with van der Waals surface area (Å²) in [7, 11) is 0. The average Bonchev–Trinajstić information content (AvgIpc) is 2.29. The van der Waals surface area contributed by atoms with E-state index in [1.54, 1.807) is 12.3 Å². The molecule has 0 fully saturated rings. The van der Waals surface area contributed by atoms with Gasteiger partial charge in [-0.25, -0.2) is 0 Å². The smallest absolute Gasteiger partial charge is 0.326 e. The highest BCUT2D eigenvalue weighted by molar-refractivity contribution is 5.69. The third kappa shape index (κ3) is 4.85. The van der Waals surface area contributed by atoms with Crippen LogP contribution in [0.1, 0.15) is 31.7 Å². The number of rotatable bonds is 6. The van der Waals surface area contributed by atoms with Gasteiger partial charge in [-0.3, -0.25) is 9.59 Å². The Balaban J connectivity index is 2.45. The van der Waals surface area contributed by atoms with Crippen LogP contribution in [0.4, 0.5) is 0 Å². The van der Waals surface area contributed by atoms with Crippen LogP contribution in [0.15, 0.2) is 23.1 Å². The molecular weight excluding hydrogens is 218 g/mol. The second-order valence-corrected chi connectivity index (χ2v) is 4.10. The van der Waals surface area contributed by atoms with E-state index in [-0.39, 0.29) is 18.1 Å². The summed E-state index contributed by atoms with van der Waals surface area (Å²) in [5, 5.41) is 0. The van der Waals surface area contributed by atoms with Crippen LogP contribution in [0.5, 0.6) is 0 Å². The van der Waals surface area contributed by atoms with Gasteiger partial charge in [0, 0.05) is 12.3 Å². The van der Waals surface area contributed by atoms with E-state index < -0.39 is 0 Å². The van der Waals surface area contributed by atoms with Crippen LogP contribution in [0.3, 0.4) is 0 Å².